The molecule has 0 radical (unpaired) electrons. The van der Waals surface area contributed by atoms with Crippen LogP contribution in [0, 0.1) is 28.6 Å². The zero-order valence-electron chi connectivity index (χ0n) is 37.9. The smallest absolute Gasteiger partial charge is 0.342 e. The molecule has 0 heterocycles. The van der Waals surface area contributed by atoms with Crippen molar-refractivity contribution in [3.8, 4) is 17.6 Å². The number of amides is 1. The molecule has 346 valence electrons. The van der Waals surface area contributed by atoms with E-state index in [9.17, 15) is 43.8 Å². The largest absolute Gasteiger partial charge is 0.481 e. The van der Waals surface area contributed by atoms with Crippen molar-refractivity contribution in [1.82, 2.24) is 5.32 Å². The Kier molecular flexibility index (Phi) is 25.1. The van der Waals surface area contributed by atoms with E-state index in [1.165, 1.54) is 18.6 Å². The number of carboxylic acid groups (broad SMARTS) is 1. The fourth-order valence-electron chi connectivity index (χ4n) is 5.76. The first-order valence-electron chi connectivity index (χ1n) is 21.4. The summed E-state index contributed by atoms with van der Waals surface area (Å²) < 4.78 is 25.9. The quantitative estimate of drug-likeness (QED) is 0.0244. The van der Waals surface area contributed by atoms with Crippen LogP contribution in [0.15, 0.2) is 36.4 Å². The summed E-state index contributed by atoms with van der Waals surface area (Å²) in [7, 11) is 0. The van der Waals surface area contributed by atoms with Crippen LogP contribution >= 0.6 is 0 Å². The van der Waals surface area contributed by atoms with E-state index in [2.05, 4.69) is 24.1 Å². The number of benzene rings is 1. The molecule has 0 saturated carbocycles. The third-order valence-electron chi connectivity index (χ3n) is 9.48. The molecular formula is C47H69NO14. The molecule has 0 saturated heterocycles. The van der Waals surface area contributed by atoms with Crippen LogP contribution in [-0.4, -0.2) is 83.6 Å². The predicted octanol–water partition coefficient (Wildman–Crippen LogP) is 6.94. The highest BCUT2D eigenvalue weighted by atomic mass is 16.7. The summed E-state index contributed by atoms with van der Waals surface area (Å²) in [5, 5.41) is 24.2. The zero-order valence-corrected chi connectivity index (χ0v) is 37.9. The molecule has 0 unspecified atom stereocenters. The van der Waals surface area contributed by atoms with Gasteiger partial charge in [0.25, 0.3) is 0 Å². The Morgan fingerprint density at radius 2 is 1.27 bits per heavy atom. The molecule has 0 aliphatic rings. The third kappa shape index (κ3) is 22.0. The molecule has 0 aliphatic carbocycles. The maximum Gasteiger partial charge on any atom is 0.342 e. The monoisotopic (exact) mass is 871 g/mol. The van der Waals surface area contributed by atoms with Crippen molar-refractivity contribution in [1.29, 1.82) is 0 Å². The second-order valence-corrected chi connectivity index (χ2v) is 17.2. The van der Waals surface area contributed by atoms with Crippen LogP contribution in [0.1, 0.15) is 144 Å². The minimum absolute atomic E-state index is 0.143. The van der Waals surface area contributed by atoms with Crippen LogP contribution in [0.25, 0.3) is 0 Å². The van der Waals surface area contributed by atoms with Gasteiger partial charge in [-0.2, -0.15) is 0 Å². The van der Waals surface area contributed by atoms with Gasteiger partial charge in [-0.1, -0.05) is 75.7 Å². The first-order valence-corrected chi connectivity index (χ1v) is 21.4. The number of hydrogen-bond acceptors (Lipinski definition) is 13. The Hall–Kier alpha value is -5.23. The van der Waals surface area contributed by atoms with Gasteiger partial charge in [-0.15, -0.1) is 5.92 Å². The maximum absolute atomic E-state index is 14.2. The molecule has 3 atom stereocenters. The second-order valence-electron chi connectivity index (χ2n) is 17.2. The minimum atomic E-state index is -3.06. The second kappa shape index (κ2) is 28.4. The van der Waals surface area contributed by atoms with Gasteiger partial charge in [0.2, 0.25) is 19.5 Å². The molecule has 0 spiro atoms. The average molecular weight is 872 g/mol. The lowest BCUT2D eigenvalue weighted by Crippen LogP contribution is -2.56. The number of unbranched alkanes of at least 4 members (excludes halogenated alkanes) is 8. The van der Waals surface area contributed by atoms with Crippen molar-refractivity contribution in [3.63, 3.8) is 0 Å². The predicted molar refractivity (Wildman–Crippen MR) is 230 cm³/mol. The average Bonchev–Trinajstić information content (AvgIpc) is 3.19. The SMILES string of the molecule is CC#CCOc1ccc(C[C@H](NC(=O)[C@@H](/C=C/CCCCCCC(=O)CCCCCCC)[C@@](O)(CC(=O)O)C(=O)OCOC(=O)C(C)(C)C)C(=O)OCOC(=O)C(C)(C)C)cc1. The summed E-state index contributed by atoms with van der Waals surface area (Å²) in [6.07, 6.45) is 10.8. The lowest BCUT2D eigenvalue weighted by Gasteiger charge is -2.31. The number of rotatable bonds is 29. The van der Waals surface area contributed by atoms with Crippen LogP contribution in [0.4, 0.5) is 0 Å². The third-order valence-corrected chi connectivity index (χ3v) is 9.48. The Bertz CT molecular complexity index is 1690. The summed E-state index contributed by atoms with van der Waals surface area (Å²) in [6.45, 7) is 11.7. The van der Waals surface area contributed by atoms with Crippen molar-refractivity contribution >= 4 is 41.5 Å². The number of carbonyl (C=O) groups is 7. The zero-order chi connectivity index (χ0) is 46.8. The van der Waals surface area contributed by atoms with E-state index in [0.29, 0.717) is 37.0 Å². The minimum Gasteiger partial charge on any atom is -0.481 e. The summed E-state index contributed by atoms with van der Waals surface area (Å²) in [6, 6.07) is 4.98. The number of Topliss-reactive ketones (excluding diaryl/α,β-unsaturated/α-hetero) is 1. The van der Waals surface area contributed by atoms with Gasteiger partial charge in [0.1, 0.15) is 24.2 Å². The molecule has 0 aliphatic heterocycles. The van der Waals surface area contributed by atoms with Gasteiger partial charge < -0.3 is 39.2 Å². The molecule has 0 bridgehead atoms. The molecule has 0 aromatic heterocycles. The van der Waals surface area contributed by atoms with Crippen LogP contribution in [-0.2, 0) is 58.9 Å². The van der Waals surface area contributed by atoms with Gasteiger partial charge in [-0.25, -0.2) is 9.59 Å². The maximum atomic E-state index is 14.2. The number of ether oxygens (including phenoxy) is 5. The van der Waals surface area contributed by atoms with Gasteiger partial charge in [-0.3, -0.25) is 24.0 Å². The van der Waals surface area contributed by atoms with Crippen LogP contribution in [0.3, 0.4) is 0 Å². The lowest BCUT2D eigenvalue weighted by molar-refractivity contribution is -0.192. The van der Waals surface area contributed by atoms with Crippen molar-refractivity contribution in [3.05, 3.63) is 42.0 Å². The summed E-state index contributed by atoms with van der Waals surface area (Å²) in [4.78, 5) is 90.4. The Labute approximate surface area is 367 Å². The highest BCUT2D eigenvalue weighted by molar-refractivity contribution is 5.95. The number of carboxylic acids is 1. The van der Waals surface area contributed by atoms with Crippen molar-refractivity contribution < 1.29 is 67.5 Å². The number of esters is 4. The van der Waals surface area contributed by atoms with Crippen molar-refractivity contribution in [2.45, 2.75) is 157 Å². The topological polar surface area (TPSA) is 218 Å². The molecule has 62 heavy (non-hydrogen) atoms. The molecular weight excluding hydrogens is 803 g/mol. The highest BCUT2D eigenvalue weighted by Crippen LogP contribution is 2.28. The van der Waals surface area contributed by atoms with Crippen LogP contribution < -0.4 is 10.1 Å². The molecule has 1 amide bonds. The van der Waals surface area contributed by atoms with Crippen LogP contribution in [0.5, 0.6) is 5.75 Å². The summed E-state index contributed by atoms with van der Waals surface area (Å²) >= 11 is 0. The van der Waals surface area contributed by atoms with Crippen LogP contribution in [0.2, 0.25) is 0 Å². The number of ketones is 1. The number of carbonyl (C=O) groups excluding carboxylic acids is 6. The first-order chi connectivity index (χ1) is 29.1. The Morgan fingerprint density at radius 1 is 0.742 bits per heavy atom. The van der Waals surface area contributed by atoms with E-state index in [1.54, 1.807) is 72.7 Å². The van der Waals surface area contributed by atoms with Gasteiger partial charge in [0.05, 0.1) is 23.2 Å². The lowest BCUT2D eigenvalue weighted by atomic mass is 9.82. The summed E-state index contributed by atoms with van der Waals surface area (Å²) in [5.74, 6) is -2.58. The number of aliphatic carboxylic acids is 1. The van der Waals surface area contributed by atoms with E-state index in [1.807, 2.05) is 0 Å². The fourth-order valence-corrected chi connectivity index (χ4v) is 5.76. The van der Waals surface area contributed by atoms with E-state index >= 15 is 0 Å². The number of nitrogens with one attached hydrogen (secondary N) is 1. The molecule has 1 aromatic rings. The standard InChI is InChI=1S/C47H69NO14/c1-9-11-13-16-19-22-35(49)23-20-17-14-15-18-21-24-37(47(57,31-39(50)51)44(56)62-33-61-43(55)46(6,7)8)40(52)48-38(41(53)59-32-60-42(54)45(3,4)5)30-34-25-27-36(28-26-34)58-29-12-10-2/h21,24-28,37-38,57H,9,11,13-20,22-23,29-33H2,1-8H3,(H,48,52)(H,50,51)/b24-21+/t37-,38+,47+/m1/s1. The van der Waals surface area contributed by atoms with Gasteiger partial charge in [-0.05, 0) is 91.8 Å². The van der Waals surface area contributed by atoms with E-state index in [0.717, 1.165) is 44.9 Å². The Balaban J connectivity index is 3.38. The normalized spacial score (nSPS) is 13.4. The fraction of sp³-hybridized carbons (Fsp3) is 0.638. The number of hydrogen-bond donors (Lipinski definition) is 3. The van der Waals surface area contributed by atoms with E-state index < -0.39 is 84.2 Å². The molecule has 1 rings (SSSR count). The molecule has 15 nitrogen and oxygen atoms in total. The van der Waals surface area contributed by atoms with Gasteiger partial charge in [0, 0.05) is 19.3 Å². The first kappa shape index (κ1) is 54.8. The van der Waals surface area contributed by atoms with Gasteiger partial charge in [0.15, 0.2) is 5.60 Å². The molecule has 1 aromatic carbocycles. The molecule has 15 heteroatoms. The number of allylic oxidation sites excluding steroid dienone is 1. The van der Waals surface area contributed by atoms with Crippen molar-refractivity contribution in [2.24, 2.45) is 16.7 Å². The Morgan fingerprint density at radius 3 is 1.81 bits per heavy atom. The molecule has 3 N–H and O–H groups in total. The number of aliphatic hydroxyl groups is 1. The highest BCUT2D eigenvalue weighted by Gasteiger charge is 2.50. The van der Waals surface area contributed by atoms with Gasteiger partial charge >= 0.3 is 29.8 Å². The van der Waals surface area contributed by atoms with E-state index in [-0.39, 0.29) is 18.8 Å². The molecule has 0 fully saturated rings. The van der Waals surface area contributed by atoms with E-state index in [4.69, 9.17) is 23.7 Å². The summed E-state index contributed by atoms with van der Waals surface area (Å²) in [5.41, 5.74) is -4.44. The van der Waals surface area contributed by atoms with Crippen molar-refractivity contribution in [2.75, 3.05) is 20.2 Å².